The highest BCUT2D eigenvalue weighted by Crippen LogP contribution is 2.30. The number of amides is 1. The molecule has 0 saturated carbocycles. The maximum atomic E-state index is 12.5. The number of nitrogens with zero attached hydrogens (tertiary/aromatic N) is 1. The predicted octanol–water partition coefficient (Wildman–Crippen LogP) is -2.31. The average molecular weight is 448 g/mol. The second-order valence-corrected chi connectivity index (χ2v) is 7.45. The minimum atomic E-state index is -1.75. The van der Waals surface area contributed by atoms with Crippen molar-refractivity contribution in [1.82, 2.24) is 14.9 Å². The number of H-pyrrole nitrogens is 1. The van der Waals surface area contributed by atoms with Crippen LogP contribution in [-0.4, -0.2) is 67.1 Å². The number of carbonyl (C=O) groups is 2. The number of nitrogens with one attached hydrogen (secondary N) is 2. The number of benzene rings is 1. The molecule has 1 aromatic carbocycles. The van der Waals surface area contributed by atoms with Crippen molar-refractivity contribution in [1.29, 1.82) is 0 Å². The van der Waals surface area contributed by atoms with Crippen LogP contribution in [0.2, 0.25) is 0 Å². The molecule has 1 aliphatic rings. The lowest BCUT2D eigenvalue weighted by Gasteiger charge is -2.24. The minimum Gasteiger partial charge on any atom is -0.480 e. The number of aromatic nitrogens is 2. The van der Waals surface area contributed by atoms with E-state index in [0.717, 1.165) is 22.4 Å². The molecule has 12 heteroatoms. The lowest BCUT2D eigenvalue weighted by molar-refractivity contribution is -0.149. The highest BCUT2D eigenvalue weighted by atomic mass is 16.6. The molecule has 2 unspecified atom stereocenters. The summed E-state index contributed by atoms with van der Waals surface area (Å²) in [5.74, 6) is -2.30. The Hall–Kier alpha value is -3.32. The van der Waals surface area contributed by atoms with Crippen LogP contribution in [0.4, 0.5) is 0 Å². The molecule has 7 N–H and O–H groups in total. The molecule has 32 heavy (non-hydrogen) atoms. The van der Waals surface area contributed by atoms with Crippen molar-refractivity contribution in [3.05, 3.63) is 69.0 Å². The van der Waals surface area contributed by atoms with Gasteiger partial charge in [0.05, 0.1) is 6.04 Å². The summed E-state index contributed by atoms with van der Waals surface area (Å²) >= 11 is 0. The van der Waals surface area contributed by atoms with Crippen LogP contribution >= 0.6 is 0 Å². The molecule has 0 bridgehead atoms. The molecule has 172 valence electrons. The van der Waals surface area contributed by atoms with Crippen molar-refractivity contribution in [3.8, 4) is 0 Å². The van der Waals surface area contributed by atoms with Gasteiger partial charge in [-0.05, 0) is 18.4 Å². The van der Waals surface area contributed by atoms with E-state index in [1.165, 1.54) is 0 Å². The number of ether oxygens (including phenoxy) is 1. The van der Waals surface area contributed by atoms with Gasteiger partial charge in [0.1, 0.15) is 18.3 Å². The average Bonchev–Trinajstić information content (AvgIpc) is 3.05. The van der Waals surface area contributed by atoms with Crippen LogP contribution in [0.15, 0.2) is 52.2 Å². The van der Waals surface area contributed by atoms with Gasteiger partial charge < -0.3 is 31.1 Å². The van der Waals surface area contributed by atoms with Crippen molar-refractivity contribution >= 4 is 11.9 Å². The van der Waals surface area contributed by atoms with Gasteiger partial charge in [-0.15, -0.1) is 0 Å². The first-order valence-electron chi connectivity index (χ1n) is 9.85. The van der Waals surface area contributed by atoms with E-state index in [1.54, 1.807) is 0 Å². The molecule has 2 heterocycles. The Morgan fingerprint density at radius 1 is 1.16 bits per heavy atom. The number of carboxylic acid groups (broad SMARTS) is 1. The molecule has 2 aromatic rings. The van der Waals surface area contributed by atoms with E-state index in [-0.39, 0.29) is 6.42 Å². The third-order valence-corrected chi connectivity index (χ3v) is 5.22. The lowest BCUT2D eigenvalue weighted by atomic mass is 10.0. The molecule has 1 fully saturated rings. The Morgan fingerprint density at radius 2 is 1.84 bits per heavy atom. The highest BCUT2D eigenvalue weighted by Gasteiger charge is 2.50. The van der Waals surface area contributed by atoms with Gasteiger partial charge in [-0.25, -0.2) is 9.59 Å². The first-order valence-corrected chi connectivity index (χ1v) is 9.85. The van der Waals surface area contributed by atoms with Gasteiger partial charge in [0.25, 0.3) is 5.56 Å². The standard InChI is InChI=1S/C20H24N4O8/c21-11(7-6-10-4-2-1-3-5-10)17(28)23-13(19(29)30)16-14(26)15(27)18(32-16)24-9-8-12(25)22-20(24)31/h1-5,8-9,11,13-16,18,26-27H,6-7,21H2,(H,23,28)(H,29,30)(H,22,25,31)/t11?,13?,14-,15+,16+,18+/m0/s1. The summed E-state index contributed by atoms with van der Waals surface area (Å²) in [7, 11) is 0. The summed E-state index contributed by atoms with van der Waals surface area (Å²) in [4.78, 5) is 49.4. The molecule has 3 rings (SSSR count). The Bertz CT molecular complexity index is 1070. The number of aromatic amines is 1. The van der Waals surface area contributed by atoms with E-state index in [4.69, 9.17) is 10.5 Å². The van der Waals surface area contributed by atoms with E-state index in [0.29, 0.717) is 6.42 Å². The van der Waals surface area contributed by atoms with Gasteiger partial charge in [-0.3, -0.25) is 19.1 Å². The fourth-order valence-electron chi connectivity index (χ4n) is 3.46. The Labute approximate surface area is 181 Å². The van der Waals surface area contributed by atoms with E-state index in [9.17, 15) is 34.5 Å². The normalized spacial score (nSPS) is 24.6. The second kappa shape index (κ2) is 9.87. The number of carbonyl (C=O) groups excluding carboxylic acids is 1. The SMILES string of the molecule is NC(CCc1ccccc1)C(=O)NC(C(=O)O)[C@H]1O[C@@H](n2ccc(=O)[nH]c2=O)[C@H](O)[C@@H]1O. The van der Waals surface area contributed by atoms with Crippen molar-refractivity contribution in [2.45, 2.75) is 49.5 Å². The zero-order valence-electron chi connectivity index (χ0n) is 16.8. The van der Waals surface area contributed by atoms with Crippen LogP contribution < -0.4 is 22.3 Å². The molecule has 1 aliphatic heterocycles. The number of hydrogen-bond donors (Lipinski definition) is 6. The van der Waals surface area contributed by atoms with E-state index in [2.05, 4.69) is 5.32 Å². The van der Waals surface area contributed by atoms with Crippen LogP contribution in [0, 0.1) is 0 Å². The molecule has 0 radical (unpaired) electrons. The lowest BCUT2D eigenvalue weighted by Crippen LogP contribution is -2.56. The first kappa shape index (κ1) is 23.3. The van der Waals surface area contributed by atoms with E-state index < -0.39 is 59.7 Å². The molecule has 0 aliphatic carbocycles. The Balaban J connectivity index is 1.70. The minimum absolute atomic E-state index is 0.244. The molecule has 1 aromatic heterocycles. The molecule has 6 atom stereocenters. The third-order valence-electron chi connectivity index (χ3n) is 5.22. The quantitative estimate of drug-likeness (QED) is 0.257. The molecular weight excluding hydrogens is 424 g/mol. The van der Waals surface area contributed by atoms with Gasteiger partial charge in [0, 0.05) is 12.3 Å². The van der Waals surface area contributed by atoms with E-state index >= 15 is 0 Å². The monoisotopic (exact) mass is 448 g/mol. The van der Waals surface area contributed by atoms with Crippen LogP contribution in [0.5, 0.6) is 0 Å². The summed E-state index contributed by atoms with van der Waals surface area (Å²) in [6, 6.07) is 7.49. The van der Waals surface area contributed by atoms with Gasteiger partial charge in [-0.1, -0.05) is 30.3 Å². The Kier molecular flexibility index (Phi) is 7.20. The number of nitrogens with two attached hydrogens (primary N) is 1. The van der Waals surface area contributed by atoms with Crippen LogP contribution in [0.3, 0.4) is 0 Å². The molecule has 1 amide bonds. The summed E-state index contributed by atoms with van der Waals surface area (Å²) in [6.45, 7) is 0. The van der Waals surface area contributed by atoms with Gasteiger partial charge >= 0.3 is 11.7 Å². The van der Waals surface area contributed by atoms with Crippen LogP contribution in [0.1, 0.15) is 18.2 Å². The molecular formula is C20H24N4O8. The largest absolute Gasteiger partial charge is 0.480 e. The maximum Gasteiger partial charge on any atom is 0.330 e. The summed E-state index contributed by atoms with van der Waals surface area (Å²) in [6.07, 6.45) is -4.74. The summed E-state index contributed by atoms with van der Waals surface area (Å²) < 4.78 is 6.24. The van der Waals surface area contributed by atoms with Crippen molar-refractivity contribution in [2.24, 2.45) is 5.73 Å². The van der Waals surface area contributed by atoms with Crippen LogP contribution in [-0.2, 0) is 20.7 Å². The Morgan fingerprint density at radius 3 is 2.47 bits per heavy atom. The molecule has 12 nitrogen and oxygen atoms in total. The number of aliphatic hydroxyl groups is 2. The van der Waals surface area contributed by atoms with Gasteiger partial charge in [-0.2, -0.15) is 0 Å². The zero-order valence-corrected chi connectivity index (χ0v) is 16.8. The van der Waals surface area contributed by atoms with Crippen LogP contribution in [0.25, 0.3) is 0 Å². The molecule has 0 spiro atoms. The number of carboxylic acids is 1. The number of aliphatic carboxylic acids is 1. The van der Waals surface area contributed by atoms with Gasteiger partial charge in [0.15, 0.2) is 12.3 Å². The number of hydrogen-bond acceptors (Lipinski definition) is 8. The summed E-state index contributed by atoms with van der Waals surface area (Å²) in [5, 5.41) is 32.5. The topological polar surface area (TPSA) is 197 Å². The van der Waals surface area contributed by atoms with Crippen molar-refractivity contribution in [2.75, 3.05) is 0 Å². The van der Waals surface area contributed by atoms with Crippen molar-refractivity contribution in [3.63, 3.8) is 0 Å². The second-order valence-electron chi connectivity index (χ2n) is 7.45. The number of aliphatic hydroxyl groups excluding tert-OH is 2. The predicted molar refractivity (Wildman–Crippen MR) is 110 cm³/mol. The van der Waals surface area contributed by atoms with Gasteiger partial charge in [0.2, 0.25) is 5.91 Å². The maximum absolute atomic E-state index is 12.5. The third kappa shape index (κ3) is 5.11. The first-order chi connectivity index (χ1) is 15.2. The number of rotatable bonds is 8. The smallest absolute Gasteiger partial charge is 0.330 e. The number of aryl methyl sites for hydroxylation is 1. The fraction of sp³-hybridized carbons (Fsp3) is 0.400. The summed E-state index contributed by atoms with van der Waals surface area (Å²) in [5.41, 5.74) is 5.24. The molecule has 1 saturated heterocycles. The van der Waals surface area contributed by atoms with E-state index in [1.807, 2.05) is 35.3 Å². The van der Waals surface area contributed by atoms with Crippen molar-refractivity contribution < 1.29 is 29.6 Å². The highest BCUT2D eigenvalue weighted by molar-refractivity contribution is 5.87. The zero-order chi connectivity index (χ0) is 23.4. The fourth-order valence-corrected chi connectivity index (χ4v) is 3.46.